The van der Waals surface area contributed by atoms with E-state index in [1.807, 2.05) is 27.0 Å². The molecule has 3 N–H and O–H groups in total. The monoisotopic (exact) mass is 244 g/mol. The molecule has 0 unspecified atom stereocenters. The Labute approximate surface area is 106 Å². The second kappa shape index (κ2) is 10.9. The van der Waals surface area contributed by atoms with Crippen molar-refractivity contribution < 1.29 is 0 Å². The van der Waals surface area contributed by atoms with Crippen LogP contribution in [0.2, 0.25) is 0 Å². The van der Waals surface area contributed by atoms with Gasteiger partial charge in [0.1, 0.15) is 0 Å². The fourth-order valence-electron chi connectivity index (χ4n) is 1.07. The van der Waals surface area contributed by atoms with Crippen LogP contribution >= 0.6 is 12.4 Å². The molecule has 0 aliphatic carbocycles. The molecule has 94 valence electrons. The Morgan fingerprint density at radius 1 is 1.12 bits per heavy atom. The normalized spacial score (nSPS) is 11.1. The first-order chi connectivity index (χ1) is 7.06. The molecule has 0 saturated carbocycles. The van der Waals surface area contributed by atoms with E-state index in [-0.39, 0.29) is 12.4 Å². The number of hydrogen-bond acceptors (Lipinski definition) is 2. The molecule has 16 heavy (non-hydrogen) atoms. The molecule has 3 heteroatoms. The molecule has 0 spiro atoms. The van der Waals surface area contributed by atoms with E-state index < -0.39 is 0 Å². The second-order valence-electron chi connectivity index (χ2n) is 4.12. The number of benzene rings is 1. The van der Waals surface area contributed by atoms with Crippen LogP contribution in [0.4, 0.5) is 0 Å². The van der Waals surface area contributed by atoms with Crippen molar-refractivity contribution in [3.63, 3.8) is 0 Å². The van der Waals surface area contributed by atoms with E-state index in [4.69, 9.17) is 5.73 Å². The predicted molar refractivity (Wildman–Crippen MR) is 75.2 cm³/mol. The van der Waals surface area contributed by atoms with E-state index in [9.17, 15) is 0 Å². The van der Waals surface area contributed by atoms with E-state index in [0.717, 1.165) is 6.42 Å². The Kier molecular flexibility index (Phi) is 12.2. The van der Waals surface area contributed by atoms with Gasteiger partial charge < -0.3 is 11.1 Å². The second-order valence-corrected chi connectivity index (χ2v) is 4.12. The van der Waals surface area contributed by atoms with Gasteiger partial charge in [0.05, 0.1) is 0 Å². The van der Waals surface area contributed by atoms with Crippen molar-refractivity contribution in [3.8, 4) is 0 Å². The molecular formula is C13H25ClN2. The summed E-state index contributed by atoms with van der Waals surface area (Å²) >= 11 is 0. The SMILES string of the molecule is CC(C)N.CN[C@@H](C)Cc1ccccc1.Cl. The molecule has 2 nitrogen and oxygen atoms in total. The van der Waals surface area contributed by atoms with E-state index in [2.05, 4.69) is 36.5 Å². The Morgan fingerprint density at radius 3 is 1.94 bits per heavy atom. The molecule has 0 heterocycles. The number of rotatable bonds is 3. The molecule has 1 aromatic rings. The van der Waals surface area contributed by atoms with Gasteiger partial charge in [0.15, 0.2) is 0 Å². The summed E-state index contributed by atoms with van der Waals surface area (Å²) < 4.78 is 0. The molecule has 0 radical (unpaired) electrons. The van der Waals surface area contributed by atoms with Gasteiger partial charge in [0.25, 0.3) is 0 Å². The third-order valence-corrected chi connectivity index (χ3v) is 1.88. The standard InChI is InChI=1S/C10H15N.C3H9N.ClH/c1-9(11-2)8-10-6-4-3-5-7-10;1-3(2)4;/h3-7,9,11H,8H2,1-2H3;3H,4H2,1-2H3;1H/t9-;;/m0../s1. The van der Waals surface area contributed by atoms with Gasteiger partial charge in [-0.25, -0.2) is 0 Å². The van der Waals surface area contributed by atoms with Crippen LogP contribution < -0.4 is 11.1 Å². The minimum atomic E-state index is 0. The summed E-state index contributed by atoms with van der Waals surface area (Å²) in [5.41, 5.74) is 6.51. The number of halogens is 1. The third kappa shape index (κ3) is 11.5. The number of nitrogens with one attached hydrogen (secondary N) is 1. The van der Waals surface area contributed by atoms with Crippen LogP contribution in [0, 0.1) is 0 Å². The van der Waals surface area contributed by atoms with Gasteiger partial charge in [0.2, 0.25) is 0 Å². The summed E-state index contributed by atoms with van der Waals surface area (Å²) in [6, 6.07) is 11.4. The van der Waals surface area contributed by atoms with Gasteiger partial charge in [-0.05, 0) is 32.0 Å². The highest BCUT2D eigenvalue weighted by molar-refractivity contribution is 5.85. The Bertz CT molecular complexity index is 234. The molecule has 0 aliphatic rings. The van der Waals surface area contributed by atoms with Crippen LogP contribution in [0.25, 0.3) is 0 Å². The Morgan fingerprint density at radius 2 is 1.56 bits per heavy atom. The topological polar surface area (TPSA) is 38.0 Å². The quantitative estimate of drug-likeness (QED) is 0.858. The lowest BCUT2D eigenvalue weighted by atomic mass is 10.1. The molecule has 0 aromatic heterocycles. The van der Waals surface area contributed by atoms with Crippen molar-refractivity contribution in [1.82, 2.24) is 5.32 Å². The van der Waals surface area contributed by atoms with E-state index >= 15 is 0 Å². The summed E-state index contributed by atoms with van der Waals surface area (Å²) in [6.07, 6.45) is 1.11. The molecule has 0 fully saturated rings. The van der Waals surface area contributed by atoms with E-state index in [0.29, 0.717) is 12.1 Å². The van der Waals surface area contributed by atoms with E-state index in [1.54, 1.807) is 0 Å². The summed E-state index contributed by atoms with van der Waals surface area (Å²) in [7, 11) is 1.99. The third-order valence-electron chi connectivity index (χ3n) is 1.88. The van der Waals surface area contributed by atoms with Crippen LogP contribution in [-0.2, 0) is 6.42 Å². The van der Waals surface area contributed by atoms with Crippen LogP contribution in [0.5, 0.6) is 0 Å². The van der Waals surface area contributed by atoms with Crippen LogP contribution in [0.1, 0.15) is 26.3 Å². The summed E-state index contributed by atoms with van der Waals surface area (Å²) in [5.74, 6) is 0. The van der Waals surface area contributed by atoms with Crippen LogP contribution in [0.3, 0.4) is 0 Å². The van der Waals surface area contributed by atoms with Gasteiger partial charge in [-0.15, -0.1) is 12.4 Å². The van der Waals surface area contributed by atoms with Crippen LogP contribution in [-0.4, -0.2) is 19.1 Å². The van der Waals surface area contributed by atoms with E-state index in [1.165, 1.54) is 5.56 Å². The van der Waals surface area contributed by atoms with Gasteiger partial charge in [-0.1, -0.05) is 44.2 Å². The number of hydrogen-bond donors (Lipinski definition) is 2. The van der Waals surface area contributed by atoms with Gasteiger partial charge in [0, 0.05) is 6.04 Å². The van der Waals surface area contributed by atoms with Crippen molar-refractivity contribution in [2.75, 3.05) is 7.05 Å². The summed E-state index contributed by atoms with van der Waals surface area (Å²) in [4.78, 5) is 0. The van der Waals surface area contributed by atoms with Crippen molar-refractivity contribution in [2.24, 2.45) is 5.73 Å². The van der Waals surface area contributed by atoms with Crippen LogP contribution in [0.15, 0.2) is 30.3 Å². The maximum Gasteiger partial charge on any atom is 0.00761 e. The highest BCUT2D eigenvalue weighted by atomic mass is 35.5. The molecule has 1 rings (SSSR count). The van der Waals surface area contributed by atoms with Gasteiger partial charge in [-0.2, -0.15) is 0 Å². The molecular weight excluding hydrogens is 220 g/mol. The molecule has 0 saturated heterocycles. The molecule has 1 aromatic carbocycles. The lowest BCUT2D eigenvalue weighted by Gasteiger charge is -2.08. The fourth-order valence-corrected chi connectivity index (χ4v) is 1.07. The van der Waals surface area contributed by atoms with Gasteiger partial charge >= 0.3 is 0 Å². The lowest BCUT2D eigenvalue weighted by molar-refractivity contribution is 0.608. The first kappa shape index (κ1) is 17.8. The number of nitrogens with two attached hydrogens (primary N) is 1. The highest BCUT2D eigenvalue weighted by Gasteiger charge is 1.97. The summed E-state index contributed by atoms with van der Waals surface area (Å²) in [6.45, 7) is 6.08. The summed E-state index contributed by atoms with van der Waals surface area (Å²) in [5, 5.41) is 3.21. The first-order valence-electron chi connectivity index (χ1n) is 5.53. The highest BCUT2D eigenvalue weighted by Crippen LogP contribution is 2.01. The largest absolute Gasteiger partial charge is 0.328 e. The molecule has 0 bridgehead atoms. The maximum absolute atomic E-state index is 5.11. The van der Waals surface area contributed by atoms with Crippen molar-refractivity contribution >= 4 is 12.4 Å². The first-order valence-corrected chi connectivity index (χ1v) is 5.53. The molecule has 1 atom stereocenters. The maximum atomic E-state index is 5.11. The van der Waals surface area contributed by atoms with Gasteiger partial charge in [-0.3, -0.25) is 0 Å². The van der Waals surface area contributed by atoms with Crippen molar-refractivity contribution in [1.29, 1.82) is 0 Å². The average Bonchev–Trinajstić information content (AvgIpc) is 2.18. The Balaban J connectivity index is 0. The zero-order valence-electron chi connectivity index (χ0n) is 10.7. The van der Waals surface area contributed by atoms with Crippen molar-refractivity contribution in [2.45, 2.75) is 39.3 Å². The van der Waals surface area contributed by atoms with Crippen molar-refractivity contribution in [3.05, 3.63) is 35.9 Å². The number of likely N-dealkylation sites (N-methyl/N-ethyl adjacent to an activating group) is 1. The fraction of sp³-hybridized carbons (Fsp3) is 0.538. The zero-order chi connectivity index (χ0) is 11.7. The predicted octanol–water partition coefficient (Wildman–Crippen LogP) is 2.61. The average molecular weight is 245 g/mol. The Hall–Kier alpha value is -0.570. The zero-order valence-corrected chi connectivity index (χ0v) is 11.6. The minimum absolute atomic E-state index is 0. The lowest BCUT2D eigenvalue weighted by Crippen LogP contribution is -2.23. The molecule has 0 amide bonds. The minimum Gasteiger partial charge on any atom is -0.328 e. The molecule has 0 aliphatic heterocycles. The smallest absolute Gasteiger partial charge is 0.00761 e.